The molecule has 14 heavy (non-hydrogen) atoms. The van der Waals surface area contributed by atoms with Gasteiger partial charge in [0, 0.05) is 6.42 Å². The molecule has 5 heteroatoms. The summed E-state index contributed by atoms with van der Waals surface area (Å²) >= 11 is 0. The predicted octanol–water partition coefficient (Wildman–Crippen LogP) is 1.31. The summed E-state index contributed by atoms with van der Waals surface area (Å²) in [4.78, 5) is 11.2. The second kappa shape index (κ2) is 4.21. The Bertz CT molecular complexity index is 221. The van der Waals surface area contributed by atoms with Gasteiger partial charge in [0.25, 0.3) is 5.92 Å². The average Bonchev–Trinajstić information content (AvgIpc) is 2.10. The molecule has 1 aliphatic rings. The Morgan fingerprint density at radius 3 is 2.79 bits per heavy atom. The summed E-state index contributed by atoms with van der Waals surface area (Å²) in [6.07, 6.45) is -0.136. The molecule has 0 aromatic heterocycles. The lowest BCUT2D eigenvalue weighted by atomic mass is 9.83. The van der Waals surface area contributed by atoms with Gasteiger partial charge in [0.15, 0.2) is 0 Å². The van der Waals surface area contributed by atoms with Crippen molar-refractivity contribution >= 4 is 5.97 Å². The van der Waals surface area contributed by atoms with Crippen LogP contribution in [0.25, 0.3) is 0 Å². The highest BCUT2D eigenvalue weighted by Crippen LogP contribution is 2.35. The summed E-state index contributed by atoms with van der Waals surface area (Å²) < 4.78 is 30.6. The monoisotopic (exact) mass is 207 g/mol. The summed E-state index contributed by atoms with van der Waals surface area (Å²) in [6.45, 7) is 1.97. The number of carbonyl (C=O) groups is 1. The molecule has 1 rings (SSSR count). The van der Waals surface area contributed by atoms with Gasteiger partial charge in [-0.25, -0.2) is 8.78 Å². The standard InChI is InChI=1S/C9H15F2NO2/c1-2-14-8(13)6-3-4-9(10,11)7(12)5-6/h6-7H,2-5,12H2,1H3/t6-,7+/m0/s1. The molecule has 0 heterocycles. The van der Waals surface area contributed by atoms with E-state index in [-0.39, 0.29) is 25.9 Å². The van der Waals surface area contributed by atoms with Crippen LogP contribution in [-0.4, -0.2) is 24.5 Å². The van der Waals surface area contributed by atoms with Crippen LogP contribution in [0.15, 0.2) is 0 Å². The van der Waals surface area contributed by atoms with Gasteiger partial charge in [-0.05, 0) is 19.8 Å². The highest BCUT2D eigenvalue weighted by molar-refractivity contribution is 5.72. The second-order valence-corrected chi connectivity index (χ2v) is 3.59. The van der Waals surface area contributed by atoms with Crippen molar-refractivity contribution in [3.05, 3.63) is 0 Å². The van der Waals surface area contributed by atoms with Crippen molar-refractivity contribution < 1.29 is 18.3 Å². The van der Waals surface area contributed by atoms with E-state index < -0.39 is 23.9 Å². The minimum absolute atomic E-state index is 0.0197. The molecule has 0 amide bonds. The molecule has 2 atom stereocenters. The lowest BCUT2D eigenvalue weighted by molar-refractivity contribution is -0.153. The molecule has 1 aliphatic carbocycles. The smallest absolute Gasteiger partial charge is 0.308 e. The van der Waals surface area contributed by atoms with Crippen molar-refractivity contribution in [2.24, 2.45) is 11.7 Å². The minimum Gasteiger partial charge on any atom is -0.466 e. The molecule has 3 nitrogen and oxygen atoms in total. The quantitative estimate of drug-likeness (QED) is 0.694. The second-order valence-electron chi connectivity index (χ2n) is 3.59. The number of esters is 1. The van der Waals surface area contributed by atoms with Crippen molar-refractivity contribution in [1.29, 1.82) is 0 Å². The first-order valence-electron chi connectivity index (χ1n) is 4.77. The molecule has 82 valence electrons. The van der Waals surface area contributed by atoms with Crippen LogP contribution in [0, 0.1) is 5.92 Å². The van der Waals surface area contributed by atoms with Crippen molar-refractivity contribution in [3.8, 4) is 0 Å². The topological polar surface area (TPSA) is 52.3 Å². The average molecular weight is 207 g/mol. The molecule has 1 saturated carbocycles. The number of nitrogens with two attached hydrogens (primary N) is 1. The van der Waals surface area contributed by atoms with Gasteiger partial charge in [-0.1, -0.05) is 0 Å². The molecular weight excluding hydrogens is 192 g/mol. The van der Waals surface area contributed by atoms with Crippen molar-refractivity contribution in [3.63, 3.8) is 0 Å². The van der Waals surface area contributed by atoms with Crippen molar-refractivity contribution in [2.45, 2.75) is 38.2 Å². The Labute approximate surface area is 81.6 Å². The fourth-order valence-electron chi connectivity index (χ4n) is 1.62. The third-order valence-electron chi connectivity index (χ3n) is 2.53. The molecule has 0 aromatic carbocycles. The van der Waals surface area contributed by atoms with Gasteiger partial charge in [0.2, 0.25) is 0 Å². The van der Waals surface area contributed by atoms with Gasteiger partial charge >= 0.3 is 5.97 Å². The van der Waals surface area contributed by atoms with E-state index in [2.05, 4.69) is 0 Å². The van der Waals surface area contributed by atoms with E-state index in [0.717, 1.165) is 0 Å². The SMILES string of the molecule is CCOC(=O)[C@H]1CCC(F)(F)[C@H](N)C1. The lowest BCUT2D eigenvalue weighted by Crippen LogP contribution is -2.47. The van der Waals surface area contributed by atoms with Crippen LogP contribution in [0.5, 0.6) is 0 Å². The summed E-state index contributed by atoms with van der Waals surface area (Å²) in [7, 11) is 0. The molecule has 0 radical (unpaired) electrons. The third kappa shape index (κ3) is 2.41. The fourth-order valence-corrected chi connectivity index (χ4v) is 1.62. The van der Waals surface area contributed by atoms with E-state index in [1.165, 1.54) is 0 Å². The molecule has 0 unspecified atom stereocenters. The van der Waals surface area contributed by atoms with Crippen LogP contribution < -0.4 is 5.73 Å². The molecular formula is C9H15F2NO2. The lowest BCUT2D eigenvalue weighted by Gasteiger charge is -2.32. The van der Waals surface area contributed by atoms with Crippen molar-refractivity contribution in [2.75, 3.05) is 6.61 Å². The van der Waals surface area contributed by atoms with E-state index in [4.69, 9.17) is 10.5 Å². The molecule has 0 aromatic rings. The highest BCUT2D eigenvalue weighted by atomic mass is 19.3. The van der Waals surface area contributed by atoms with Crippen LogP contribution >= 0.6 is 0 Å². The Morgan fingerprint density at radius 2 is 2.29 bits per heavy atom. The first kappa shape index (κ1) is 11.4. The van der Waals surface area contributed by atoms with E-state index in [9.17, 15) is 13.6 Å². The van der Waals surface area contributed by atoms with Gasteiger partial charge in [0.05, 0.1) is 18.6 Å². The number of ether oxygens (including phenoxy) is 1. The van der Waals surface area contributed by atoms with Gasteiger partial charge in [0.1, 0.15) is 0 Å². The van der Waals surface area contributed by atoms with E-state index >= 15 is 0 Å². The van der Waals surface area contributed by atoms with Gasteiger partial charge in [-0.15, -0.1) is 0 Å². The zero-order valence-electron chi connectivity index (χ0n) is 8.13. The number of rotatable bonds is 2. The molecule has 1 fully saturated rings. The van der Waals surface area contributed by atoms with Crippen LogP contribution in [0.2, 0.25) is 0 Å². The number of hydrogen-bond donors (Lipinski definition) is 1. The molecule has 0 bridgehead atoms. The Morgan fingerprint density at radius 1 is 1.64 bits per heavy atom. The van der Waals surface area contributed by atoms with Crippen molar-refractivity contribution in [1.82, 2.24) is 0 Å². The first-order valence-corrected chi connectivity index (χ1v) is 4.77. The van der Waals surface area contributed by atoms with E-state index in [0.29, 0.717) is 0 Å². The van der Waals surface area contributed by atoms with Gasteiger partial charge in [-0.2, -0.15) is 0 Å². The van der Waals surface area contributed by atoms with Gasteiger partial charge < -0.3 is 10.5 Å². The molecule has 2 N–H and O–H groups in total. The number of carbonyl (C=O) groups excluding carboxylic acids is 1. The number of alkyl halides is 2. The zero-order chi connectivity index (χ0) is 10.8. The first-order chi connectivity index (χ1) is 6.47. The summed E-state index contributed by atoms with van der Waals surface area (Å²) in [5.41, 5.74) is 5.28. The maximum Gasteiger partial charge on any atom is 0.308 e. The third-order valence-corrected chi connectivity index (χ3v) is 2.53. The van der Waals surface area contributed by atoms with Crippen LogP contribution in [0.4, 0.5) is 8.78 Å². The number of hydrogen-bond acceptors (Lipinski definition) is 3. The molecule has 0 aliphatic heterocycles. The Kier molecular flexibility index (Phi) is 3.42. The van der Waals surface area contributed by atoms with Crippen LogP contribution in [0.3, 0.4) is 0 Å². The number of halogens is 2. The molecule has 0 saturated heterocycles. The summed E-state index contributed by atoms with van der Waals surface area (Å²) in [5, 5.41) is 0. The van der Waals surface area contributed by atoms with E-state index in [1.54, 1.807) is 6.92 Å². The Hall–Kier alpha value is -0.710. The minimum atomic E-state index is -2.83. The van der Waals surface area contributed by atoms with Crippen LogP contribution in [-0.2, 0) is 9.53 Å². The van der Waals surface area contributed by atoms with Gasteiger partial charge in [-0.3, -0.25) is 4.79 Å². The fraction of sp³-hybridized carbons (Fsp3) is 0.889. The maximum absolute atomic E-state index is 12.9. The summed E-state index contributed by atoms with van der Waals surface area (Å²) in [6, 6.07) is -1.22. The predicted molar refractivity (Wildman–Crippen MR) is 46.9 cm³/mol. The normalized spacial score (nSPS) is 31.1. The summed E-state index contributed by atoms with van der Waals surface area (Å²) in [5.74, 6) is -3.69. The van der Waals surface area contributed by atoms with E-state index in [1.807, 2.05) is 0 Å². The highest BCUT2D eigenvalue weighted by Gasteiger charge is 2.44. The van der Waals surface area contributed by atoms with Crippen LogP contribution in [0.1, 0.15) is 26.2 Å². The molecule has 0 spiro atoms. The zero-order valence-corrected chi connectivity index (χ0v) is 8.13. The maximum atomic E-state index is 12.9. The Balaban J connectivity index is 2.50. The largest absolute Gasteiger partial charge is 0.466 e.